The summed E-state index contributed by atoms with van der Waals surface area (Å²) in [4.78, 5) is 57.5. The van der Waals surface area contributed by atoms with Gasteiger partial charge in [-0.25, -0.2) is 14.8 Å². The molecule has 6 heterocycles. The molecule has 278 valence electrons. The van der Waals surface area contributed by atoms with Gasteiger partial charge < -0.3 is 19.9 Å². The normalized spacial score (nSPS) is 13.4. The maximum atomic E-state index is 12.7. The summed E-state index contributed by atoms with van der Waals surface area (Å²) in [5.74, 6) is -0.679. The lowest BCUT2D eigenvalue weighted by Crippen LogP contribution is -2.23. The van der Waals surface area contributed by atoms with Gasteiger partial charge in [-0.1, -0.05) is 37.0 Å². The Bertz CT molecular complexity index is 2340. The number of pyridine rings is 2. The Morgan fingerprint density at radius 2 is 1.21 bits per heavy atom. The van der Waals surface area contributed by atoms with E-state index in [1.54, 1.807) is 37.4 Å². The second kappa shape index (κ2) is 17.4. The first-order valence-corrected chi connectivity index (χ1v) is 17.8. The Morgan fingerprint density at radius 3 is 1.66 bits per heavy atom. The molecule has 0 fully saturated rings. The molecule has 0 bridgehead atoms. The van der Waals surface area contributed by atoms with E-state index in [-0.39, 0.29) is 28.5 Å². The van der Waals surface area contributed by atoms with Gasteiger partial charge in [0, 0.05) is 41.2 Å². The van der Waals surface area contributed by atoms with Gasteiger partial charge >= 0.3 is 5.97 Å². The SMILES string of the molecule is CC.Cc1cc(N)on1.Cc1cc(NC(=O)c2ccn3c(=O)c4c(nc3c2)CCCCC4)on1.O=C(O)c1ccn2c(=O)c3c(nc2c1)CCCCC3. The molecule has 0 saturated heterocycles. The van der Waals surface area contributed by atoms with Gasteiger partial charge in [-0.15, -0.1) is 0 Å². The number of hydrogen-bond donors (Lipinski definition) is 3. The van der Waals surface area contributed by atoms with Crippen molar-refractivity contribution in [3.8, 4) is 0 Å². The number of hydrogen-bond acceptors (Lipinski definition) is 11. The molecule has 53 heavy (non-hydrogen) atoms. The number of carbonyl (C=O) groups excluding carboxylic acids is 1. The molecule has 6 aromatic heterocycles. The van der Waals surface area contributed by atoms with E-state index >= 15 is 0 Å². The van der Waals surface area contributed by atoms with Crippen LogP contribution in [0.5, 0.6) is 0 Å². The van der Waals surface area contributed by atoms with Crippen molar-refractivity contribution >= 4 is 34.9 Å². The van der Waals surface area contributed by atoms with Crippen molar-refractivity contribution < 1.29 is 23.7 Å². The highest BCUT2D eigenvalue weighted by Crippen LogP contribution is 2.19. The summed E-state index contributed by atoms with van der Waals surface area (Å²) < 4.78 is 12.4. The van der Waals surface area contributed by atoms with Crippen LogP contribution in [0.4, 0.5) is 11.8 Å². The van der Waals surface area contributed by atoms with Gasteiger partial charge in [0.1, 0.15) is 11.3 Å². The third kappa shape index (κ3) is 9.22. The fraction of sp³-hybridized carbons (Fsp3) is 0.368. The van der Waals surface area contributed by atoms with Gasteiger partial charge in [0.2, 0.25) is 11.8 Å². The van der Waals surface area contributed by atoms with Crippen molar-refractivity contribution in [2.45, 2.75) is 91.9 Å². The average Bonchev–Trinajstić information content (AvgIpc) is 3.54. The number of aryl methyl sites for hydroxylation is 4. The second-order valence-electron chi connectivity index (χ2n) is 12.6. The van der Waals surface area contributed by atoms with E-state index in [4.69, 9.17) is 15.4 Å². The van der Waals surface area contributed by atoms with Gasteiger partial charge in [0.25, 0.3) is 17.0 Å². The molecule has 4 N–H and O–H groups in total. The fourth-order valence-electron chi connectivity index (χ4n) is 6.16. The highest BCUT2D eigenvalue weighted by molar-refractivity contribution is 6.04. The van der Waals surface area contributed by atoms with Crippen molar-refractivity contribution in [3.05, 3.63) is 115 Å². The molecule has 2 aliphatic carbocycles. The molecule has 15 nitrogen and oxygen atoms in total. The van der Waals surface area contributed by atoms with E-state index < -0.39 is 5.97 Å². The van der Waals surface area contributed by atoms with E-state index in [1.807, 2.05) is 20.8 Å². The van der Waals surface area contributed by atoms with E-state index in [0.29, 0.717) is 28.4 Å². The number of nitrogens with zero attached hydrogens (tertiary/aromatic N) is 6. The predicted octanol–water partition coefficient (Wildman–Crippen LogP) is 5.77. The first kappa shape index (κ1) is 38.1. The molecular formula is C38H44N8O7. The lowest BCUT2D eigenvalue weighted by molar-refractivity contribution is 0.0696. The molecule has 0 unspecified atom stereocenters. The topological polar surface area (TPSA) is 213 Å². The minimum Gasteiger partial charge on any atom is -0.478 e. The molecule has 2 aliphatic rings. The molecule has 8 rings (SSSR count). The number of aromatic carboxylic acids is 1. The van der Waals surface area contributed by atoms with Crippen molar-refractivity contribution in [1.29, 1.82) is 0 Å². The molecule has 0 aromatic carbocycles. The number of carboxylic acid groups (broad SMARTS) is 1. The Balaban J connectivity index is 0.000000170. The van der Waals surface area contributed by atoms with Crippen molar-refractivity contribution in [2.75, 3.05) is 11.1 Å². The minimum atomic E-state index is -1.01. The lowest BCUT2D eigenvalue weighted by atomic mass is 10.1. The smallest absolute Gasteiger partial charge is 0.335 e. The summed E-state index contributed by atoms with van der Waals surface area (Å²) in [7, 11) is 0. The number of amides is 1. The molecule has 6 aromatic rings. The zero-order valence-corrected chi connectivity index (χ0v) is 30.3. The Kier molecular flexibility index (Phi) is 12.5. The van der Waals surface area contributed by atoms with Crippen LogP contribution in [0.3, 0.4) is 0 Å². The highest BCUT2D eigenvalue weighted by atomic mass is 16.5. The van der Waals surface area contributed by atoms with Crippen LogP contribution in [-0.4, -0.2) is 46.1 Å². The maximum Gasteiger partial charge on any atom is 0.335 e. The van der Waals surface area contributed by atoms with E-state index in [9.17, 15) is 19.2 Å². The number of carbonyl (C=O) groups is 2. The number of rotatable bonds is 3. The summed E-state index contributed by atoms with van der Waals surface area (Å²) in [6.45, 7) is 7.59. The zero-order valence-electron chi connectivity index (χ0n) is 30.3. The molecule has 15 heteroatoms. The molecule has 0 saturated carbocycles. The summed E-state index contributed by atoms with van der Waals surface area (Å²) >= 11 is 0. The van der Waals surface area contributed by atoms with Gasteiger partial charge in [-0.05, 0) is 89.5 Å². The number of aromatic nitrogens is 6. The van der Waals surface area contributed by atoms with Crippen molar-refractivity contribution in [2.24, 2.45) is 0 Å². The quantitative estimate of drug-likeness (QED) is 0.186. The van der Waals surface area contributed by atoms with Crippen LogP contribution in [0, 0.1) is 13.8 Å². The summed E-state index contributed by atoms with van der Waals surface area (Å²) in [6.07, 6.45) is 12.6. The van der Waals surface area contributed by atoms with Crippen LogP contribution < -0.4 is 22.2 Å². The van der Waals surface area contributed by atoms with Gasteiger partial charge in [0.15, 0.2) is 0 Å². The van der Waals surface area contributed by atoms with Crippen LogP contribution in [0.15, 0.2) is 67.4 Å². The van der Waals surface area contributed by atoms with Crippen LogP contribution in [-0.2, 0) is 25.7 Å². The number of fused-ring (bicyclic) bond motifs is 4. The predicted molar refractivity (Wildman–Crippen MR) is 199 cm³/mol. The molecule has 0 aliphatic heterocycles. The van der Waals surface area contributed by atoms with E-state index in [1.165, 1.54) is 27.1 Å². The third-order valence-corrected chi connectivity index (χ3v) is 8.72. The minimum absolute atomic E-state index is 0.0280. The number of carboxylic acids is 1. The molecule has 1 amide bonds. The summed E-state index contributed by atoms with van der Waals surface area (Å²) in [5.41, 5.74) is 11.4. The molecule has 0 radical (unpaired) electrons. The van der Waals surface area contributed by atoms with Gasteiger partial charge in [-0.3, -0.25) is 28.5 Å². The highest BCUT2D eigenvalue weighted by Gasteiger charge is 2.18. The van der Waals surface area contributed by atoms with Crippen molar-refractivity contribution in [1.82, 2.24) is 29.1 Å². The first-order chi connectivity index (χ1) is 25.6. The van der Waals surface area contributed by atoms with Crippen LogP contribution in [0.1, 0.15) is 107 Å². The molecular weight excluding hydrogens is 680 g/mol. The summed E-state index contributed by atoms with van der Waals surface area (Å²) in [5, 5.41) is 18.9. The van der Waals surface area contributed by atoms with E-state index in [0.717, 1.165) is 92.4 Å². The van der Waals surface area contributed by atoms with E-state index in [2.05, 4.69) is 30.1 Å². The second-order valence-corrected chi connectivity index (χ2v) is 12.6. The Hall–Kier alpha value is -6.12. The molecule has 0 spiro atoms. The van der Waals surface area contributed by atoms with Gasteiger partial charge in [-0.2, -0.15) is 0 Å². The number of anilines is 2. The largest absolute Gasteiger partial charge is 0.478 e. The number of nitrogen functional groups attached to an aromatic ring is 1. The standard InChI is InChI=1S/C18H18N4O3.C14H14N2O3.C4H6N2O.C2H6/c1-11-9-16(25-21-11)20-17(23)12-7-8-22-15(10-12)19-14-6-4-2-3-5-13(14)18(22)24;17-13-10-4-2-1-3-5-11(10)15-12-8-9(14(18)19)6-7-16(12)13;1-3-2-4(5)7-6-3;1-2/h7-10H,2-6H2,1H3,(H,20,23);6-8H,1-5H2,(H,18,19);2H,5H2,1H3;1-2H3. The average molecular weight is 725 g/mol. The number of nitrogens with one attached hydrogen (secondary N) is 1. The van der Waals surface area contributed by atoms with Gasteiger partial charge in [0.05, 0.1) is 28.3 Å². The fourth-order valence-corrected chi connectivity index (χ4v) is 6.16. The van der Waals surface area contributed by atoms with Crippen LogP contribution in [0.25, 0.3) is 11.3 Å². The molecule has 0 atom stereocenters. The van der Waals surface area contributed by atoms with Crippen LogP contribution >= 0.6 is 0 Å². The summed E-state index contributed by atoms with van der Waals surface area (Å²) in [6, 6.07) is 9.43. The lowest BCUT2D eigenvalue weighted by Gasteiger charge is -2.09. The Labute approximate surface area is 304 Å². The number of nitrogens with two attached hydrogens (primary N) is 1. The van der Waals surface area contributed by atoms with Crippen molar-refractivity contribution in [3.63, 3.8) is 0 Å². The third-order valence-electron chi connectivity index (χ3n) is 8.72. The van der Waals surface area contributed by atoms with Crippen LogP contribution in [0.2, 0.25) is 0 Å². The first-order valence-electron chi connectivity index (χ1n) is 17.8. The maximum absolute atomic E-state index is 12.7. The monoisotopic (exact) mass is 724 g/mol. The Morgan fingerprint density at radius 1 is 0.717 bits per heavy atom. The zero-order chi connectivity index (χ0) is 38.1.